The molecule has 1 unspecified atom stereocenters. The van der Waals surface area contributed by atoms with E-state index in [9.17, 15) is 14.4 Å². The third-order valence-electron chi connectivity index (χ3n) is 3.62. The van der Waals surface area contributed by atoms with Crippen molar-refractivity contribution in [1.82, 2.24) is 9.80 Å². The lowest BCUT2D eigenvalue weighted by molar-refractivity contribution is -0.137. The van der Waals surface area contributed by atoms with Crippen LogP contribution in [0.15, 0.2) is 11.8 Å². The van der Waals surface area contributed by atoms with Crippen LogP contribution in [0.5, 0.6) is 0 Å². The molecule has 1 heterocycles. The molecule has 1 fully saturated rings. The van der Waals surface area contributed by atoms with E-state index in [2.05, 4.69) is 0 Å². The van der Waals surface area contributed by atoms with Gasteiger partial charge in [0.1, 0.15) is 11.2 Å². The maximum Gasteiger partial charge on any atom is 0.410 e. The average Bonchev–Trinajstić information content (AvgIpc) is 2.51. The zero-order valence-electron chi connectivity index (χ0n) is 17.9. The Balaban J connectivity index is 3.06. The van der Waals surface area contributed by atoms with E-state index in [1.807, 2.05) is 0 Å². The second-order valence-corrected chi connectivity index (χ2v) is 8.51. The molecule has 9 heteroatoms. The van der Waals surface area contributed by atoms with Crippen LogP contribution < -0.4 is 5.73 Å². The third kappa shape index (κ3) is 7.66. The van der Waals surface area contributed by atoms with Crippen LogP contribution >= 0.6 is 0 Å². The van der Waals surface area contributed by atoms with E-state index in [4.69, 9.17) is 19.9 Å². The molecule has 0 aromatic heterocycles. The highest BCUT2D eigenvalue weighted by Crippen LogP contribution is 2.20. The molecular weight excluding hydrogens is 366 g/mol. The van der Waals surface area contributed by atoms with Gasteiger partial charge in [0.05, 0.1) is 19.2 Å². The summed E-state index contributed by atoms with van der Waals surface area (Å²) >= 11 is 0. The maximum atomic E-state index is 12.6. The first-order chi connectivity index (χ1) is 12.7. The van der Waals surface area contributed by atoms with Gasteiger partial charge >= 0.3 is 18.2 Å². The number of rotatable bonds is 3. The van der Waals surface area contributed by atoms with Crippen LogP contribution in [0.1, 0.15) is 48.5 Å². The van der Waals surface area contributed by atoms with Crippen LogP contribution in [0, 0.1) is 0 Å². The van der Waals surface area contributed by atoms with E-state index >= 15 is 0 Å². The van der Waals surface area contributed by atoms with E-state index < -0.39 is 35.4 Å². The lowest BCUT2D eigenvalue weighted by Gasteiger charge is -2.41. The lowest BCUT2D eigenvalue weighted by Crippen LogP contribution is -2.59. The van der Waals surface area contributed by atoms with Crippen molar-refractivity contribution in [1.29, 1.82) is 0 Å². The summed E-state index contributed by atoms with van der Waals surface area (Å²) in [5, 5.41) is 0. The van der Waals surface area contributed by atoms with Crippen LogP contribution in [0.25, 0.3) is 0 Å². The summed E-state index contributed by atoms with van der Waals surface area (Å²) in [5.74, 6) is -0.612. The van der Waals surface area contributed by atoms with Gasteiger partial charge in [-0.25, -0.2) is 14.4 Å². The largest absolute Gasteiger partial charge is 0.463 e. The zero-order chi connectivity index (χ0) is 21.7. The lowest BCUT2D eigenvalue weighted by atomic mass is 10.1. The molecule has 1 atom stereocenters. The van der Waals surface area contributed by atoms with Crippen molar-refractivity contribution < 1.29 is 28.6 Å². The Labute approximate surface area is 166 Å². The van der Waals surface area contributed by atoms with Crippen LogP contribution in [-0.2, 0) is 19.0 Å². The Bertz CT molecular complexity index is 618. The predicted octanol–water partition coefficient (Wildman–Crippen LogP) is 2.25. The highest BCUT2D eigenvalue weighted by Gasteiger charge is 2.37. The quantitative estimate of drug-likeness (QED) is 0.440. The number of carbonyl (C=O) groups is 3. The predicted molar refractivity (Wildman–Crippen MR) is 103 cm³/mol. The van der Waals surface area contributed by atoms with E-state index in [-0.39, 0.29) is 31.9 Å². The second-order valence-electron chi connectivity index (χ2n) is 8.51. The first kappa shape index (κ1) is 23.6. The summed E-state index contributed by atoms with van der Waals surface area (Å²) in [4.78, 5) is 39.7. The molecule has 0 aliphatic carbocycles. The molecule has 0 spiro atoms. The van der Waals surface area contributed by atoms with E-state index in [0.29, 0.717) is 0 Å². The van der Waals surface area contributed by atoms with Crippen molar-refractivity contribution in [3.63, 3.8) is 0 Å². The Hall–Kier alpha value is -2.45. The van der Waals surface area contributed by atoms with Crippen LogP contribution in [0.4, 0.5) is 9.59 Å². The van der Waals surface area contributed by atoms with Gasteiger partial charge in [-0.3, -0.25) is 4.90 Å². The van der Waals surface area contributed by atoms with Gasteiger partial charge in [0, 0.05) is 24.9 Å². The Morgan fingerprint density at radius 2 is 1.54 bits per heavy atom. The van der Waals surface area contributed by atoms with Crippen molar-refractivity contribution in [2.24, 2.45) is 5.73 Å². The summed E-state index contributed by atoms with van der Waals surface area (Å²) in [6.45, 7) is 13.0. The molecule has 2 N–H and O–H groups in total. The minimum atomic E-state index is -0.736. The molecule has 1 aliphatic heterocycles. The number of nitrogens with two attached hydrogens (primary N) is 1. The van der Waals surface area contributed by atoms with E-state index in [1.165, 1.54) is 9.80 Å². The number of hydrogen-bond acceptors (Lipinski definition) is 7. The molecule has 2 amide bonds. The summed E-state index contributed by atoms with van der Waals surface area (Å²) in [5.41, 5.74) is 4.86. The first-order valence-corrected chi connectivity index (χ1v) is 9.35. The topological polar surface area (TPSA) is 111 Å². The van der Waals surface area contributed by atoms with Crippen molar-refractivity contribution in [3.8, 4) is 0 Å². The fourth-order valence-corrected chi connectivity index (χ4v) is 2.52. The minimum Gasteiger partial charge on any atom is -0.463 e. The van der Waals surface area contributed by atoms with Gasteiger partial charge < -0.3 is 24.8 Å². The Morgan fingerprint density at radius 3 is 2.04 bits per heavy atom. The molecular formula is C19H33N3O6. The molecule has 9 nitrogen and oxygen atoms in total. The maximum absolute atomic E-state index is 12.6. The van der Waals surface area contributed by atoms with Gasteiger partial charge in [-0.15, -0.1) is 0 Å². The highest BCUT2D eigenvalue weighted by atomic mass is 16.6. The van der Waals surface area contributed by atoms with Gasteiger partial charge in [-0.2, -0.15) is 0 Å². The average molecular weight is 399 g/mol. The molecule has 0 radical (unpaired) electrons. The second kappa shape index (κ2) is 9.16. The van der Waals surface area contributed by atoms with Gasteiger partial charge in [-0.1, -0.05) is 0 Å². The van der Waals surface area contributed by atoms with Crippen molar-refractivity contribution in [2.45, 2.75) is 65.7 Å². The minimum absolute atomic E-state index is 0.0793. The molecule has 0 aromatic rings. The number of esters is 1. The SMILES string of the molecule is CCOC(=O)/C=C(\N)C1CN(C(=O)OC(C)(C)C)CCN1C(=O)OC(C)(C)C. The van der Waals surface area contributed by atoms with Crippen LogP contribution in [-0.4, -0.2) is 71.4 Å². The van der Waals surface area contributed by atoms with Crippen molar-refractivity contribution in [3.05, 3.63) is 11.8 Å². The normalized spacial score (nSPS) is 18.5. The molecule has 0 aromatic carbocycles. The summed E-state index contributed by atoms with van der Waals surface area (Å²) in [6.07, 6.45) is 0.0521. The van der Waals surface area contributed by atoms with E-state index in [0.717, 1.165) is 6.08 Å². The fraction of sp³-hybridized carbons (Fsp3) is 0.737. The molecule has 1 saturated heterocycles. The van der Waals surface area contributed by atoms with Gasteiger partial charge in [0.15, 0.2) is 0 Å². The van der Waals surface area contributed by atoms with Gasteiger partial charge in [-0.05, 0) is 48.5 Å². The Kier molecular flexibility index (Phi) is 7.72. The number of nitrogens with zero attached hydrogens (tertiary/aromatic N) is 2. The van der Waals surface area contributed by atoms with Gasteiger partial charge in [0.2, 0.25) is 0 Å². The third-order valence-corrected chi connectivity index (χ3v) is 3.62. The first-order valence-electron chi connectivity index (χ1n) is 9.35. The molecule has 0 saturated carbocycles. The number of piperazine rings is 1. The summed E-state index contributed by atoms with van der Waals surface area (Å²) in [7, 11) is 0. The smallest absolute Gasteiger partial charge is 0.410 e. The van der Waals surface area contributed by atoms with Crippen LogP contribution in [0.3, 0.4) is 0 Å². The monoisotopic (exact) mass is 399 g/mol. The Morgan fingerprint density at radius 1 is 1.00 bits per heavy atom. The number of carbonyl (C=O) groups excluding carboxylic acids is 3. The zero-order valence-corrected chi connectivity index (χ0v) is 17.9. The fourth-order valence-electron chi connectivity index (χ4n) is 2.52. The van der Waals surface area contributed by atoms with Crippen LogP contribution in [0.2, 0.25) is 0 Å². The molecule has 1 rings (SSSR count). The van der Waals surface area contributed by atoms with Gasteiger partial charge in [0.25, 0.3) is 0 Å². The highest BCUT2D eigenvalue weighted by molar-refractivity contribution is 5.83. The standard InChI is InChI=1S/C19H33N3O6/c1-8-26-15(23)11-13(20)14-12-21(16(24)27-18(2,3)4)9-10-22(14)17(25)28-19(5,6)7/h11,14H,8-10,12,20H2,1-7H3/b13-11-. The van der Waals surface area contributed by atoms with E-state index in [1.54, 1.807) is 48.5 Å². The molecule has 0 bridgehead atoms. The summed E-state index contributed by atoms with van der Waals surface area (Å²) in [6, 6.07) is -0.736. The molecule has 28 heavy (non-hydrogen) atoms. The summed E-state index contributed by atoms with van der Waals surface area (Å²) < 4.78 is 15.7. The number of amides is 2. The van der Waals surface area contributed by atoms with Crippen molar-refractivity contribution >= 4 is 18.2 Å². The molecule has 160 valence electrons. The number of hydrogen-bond donors (Lipinski definition) is 1. The number of ether oxygens (including phenoxy) is 3. The molecule has 1 aliphatic rings. The van der Waals surface area contributed by atoms with Crippen molar-refractivity contribution in [2.75, 3.05) is 26.2 Å².